The predicted molar refractivity (Wildman–Crippen MR) is 68.9 cm³/mol. The Hall–Kier alpha value is -1.39. The van der Waals surface area contributed by atoms with Gasteiger partial charge in [-0.1, -0.05) is 6.08 Å². The van der Waals surface area contributed by atoms with Crippen LogP contribution < -0.4 is 10.6 Å². The second-order valence-electron chi connectivity index (χ2n) is 4.22. The van der Waals surface area contributed by atoms with Gasteiger partial charge in [0.05, 0.1) is 6.61 Å². The number of nitrogens with two attached hydrogens (primary N) is 1. The molecular weight excluding hydrogens is 214 g/mol. The van der Waals surface area contributed by atoms with E-state index in [1.54, 1.807) is 7.11 Å². The lowest BCUT2D eigenvalue weighted by Gasteiger charge is -2.27. The maximum atomic E-state index is 5.64. The van der Waals surface area contributed by atoms with Crippen LogP contribution in [0.4, 0.5) is 5.82 Å². The summed E-state index contributed by atoms with van der Waals surface area (Å²) in [5, 5.41) is 0. The third-order valence-corrected chi connectivity index (χ3v) is 3.00. The van der Waals surface area contributed by atoms with Crippen LogP contribution in [0, 0.1) is 0 Å². The van der Waals surface area contributed by atoms with E-state index < -0.39 is 0 Å². The minimum absolute atomic E-state index is 0.564. The smallest absolute Gasteiger partial charge is 0.129 e. The van der Waals surface area contributed by atoms with E-state index in [0.717, 1.165) is 37.5 Å². The Labute approximate surface area is 102 Å². The number of hydrogen-bond acceptors (Lipinski definition) is 4. The van der Waals surface area contributed by atoms with Crippen LogP contribution in [-0.2, 0) is 11.3 Å². The van der Waals surface area contributed by atoms with Gasteiger partial charge < -0.3 is 15.4 Å². The number of ether oxygens (including phenoxy) is 1. The first kappa shape index (κ1) is 12.1. The van der Waals surface area contributed by atoms with E-state index in [2.05, 4.69) is 22.0 Å². The zero-order valence-corrected chi connectivity index (χ0v) is 10.2. The first-order valence-corrected chi connectivity index (χ1v) is 5.90. The van der Waals surface area contributed by atoms with E-state index in [1.165, 1.54) is 5.57 Å². The molecule has 0 fully saturated rings. The van der Waals surface area contributed by atoms with Crippen molar-refractivity contribution in [2.24, 2.45) is 5.73 Å². The molecule has 0 saturated carbocycles. The number of rotatable bonds is 4. The fourth-order valence-electron chi connectivity index (χ4n) is 2.00. The zero-order chi connectivity index (χ0) is 12.1. The van der Waals surface area contributed by atoms with E-state index in [0.29, 0.717) is 6.54 Å². The SMILES string of the molecule is COCC1=CCN(c2cc(CN)ccn2)CC1. The van der Waals surface area contributed by atoms with Gasteiger partial charge in [-0.2, -0.15) is 0 Å². The second-order valence-corrected chi connectivity index (χ2v) is 4.22. The molecule has 17 heavy (non-hydrogen) atoms. The number of aromatic nitrogens is 1. The van der Waals surface area contributed by atoms with Gasteiger partial charge in [-0.05, 0) is 29.7 Å². The van der Waals surface area contributed by atoms with Gasteiger partial charge in [-0.3, -0.25) is 0 Å². The van der Waals surface area contributed by atoms with Gasteiger partial charge in [-0.15, -0.1) is 0 Å². The molecule has 0 saturated heterocycles. The van der Waals surface area contributed by atoms with Gasteiger partial charge in [-0.25, -0.2) is 4.98 Å². The summed E-state index contributed by atoms with van der Waals surface area (Å²) in [7, 11) is 1.74. The Bertz CT molecular complexity index is 403. The molecule has 2 rings (SSSR count). The first-order chi connectivity index (χ1) is 8.33. The van der Waals surface area contributed by atoms with Crippen molar-refractivity contribution < 1.29 is 4.74 Å². The van der Waals surface area contributed by atoms with Crippen LogP contribution in [0.2, 0.25) is 0 Å². The van der Waals surface area contributed by atoms with Gasteiger partial charge in [0, 0.05) is 32.9 Å². The summed E-state index contributed by atoms with van der Waals surface area (Å²) in [5.41, 5.74) is 8.14. The summed E-state index contributed by atoms with van der Waals surface area (Å²) in [6.45, 7) is 3.20. The average Bonchev–Trinajstić information content (AvgIpc) is 2.40. The number of anilines is 1. The molecule has 0 aromatic carbocycles. The molecule has 0 unspecified atom stereocenters. The Balaban J connectivity index is 2.04. The van der Waals surface area contributed by atoms with Crippen molar-refractivity contribution in [2.45, 2.75) is 13.0 Å². The lowest BCUT2D eigenvalue weighted by Crippen LogP contribution is -2.30. The van der Waals surface area contributed by atoms with Crippen LogP contribution in [0.25, 0.3) is 0 Å². The molecule has 0 bridgehead atoms. The lowest BCUT2D eigenvalue weighted by molar-refractivity contribution is 0.222. The monoisotopic (exact) mass is 233 g/mol. The molecule has 1 aromatic rings. The fraction of sp³-hybridized carbons (Fsp3) is 0.462. The van der Waals surface area contributed by atoms with Crippen molar-refractivity contribution in [1.82, 2.24) is 4.98 Å². The molecule has 0 atom stereocenters. The highest BCUT2D eigenvalue weighted by Gasteiger charge is 2.13. The maximum Gasteiger partial charge on any atom is 0.129 e. The number of nitrogens with zero attached hydrogens (tertiary/aromatic N) is 2. The Kier molecular flexibility index (Phi) is 4.12. The number of methoxy groups -OCH3 is 1. The van der Waals surface area contributed by atoms with Gasteiger partial charge >= 0.3 is 0 Å². The molecule has 4 nitrogen and oxygen atoms in total. The molecule has 4 heteroatoms. The van der Waals surface area contributed by atoms with Crippen molar-refractivity contribution in [1.29, 1.82) is 0 Å². The molecule has 1 aliphatic heterocycles. The summed E-state index contributed by atoms with van der Waals surface area (Å²) >= 11 is 0. The van der Waals surface area contributed by atoms with Gasteiger partial charge in [0.25, 0.3) is 0 Å². The molecule has 0 aliphatic carbocycles. The summed E-state index contributed by atoms with van der Waals surface area (Å²) in [4.78, 5) is 6.65. The topological polar surface area (TPSA) is 51.4 Å². The van der Waals surface area contributed by atoms with Crippen LogP contribution in [0.15, 0.2) is 30.0 Å². The number of hydrogen-bond donors (Lipinski definition) is 1. The standard InChI is InChI=1S/C13H19N3O/c1-17-10-11-3-6-16(7-4-11)13-8-12(9-14)2-5-15-13/h2-3,5,8H,4,6-7,9-10,14H2,1H3. The molecule has 92 valence electrons. The Morgan fingerprint density at radius 3 is 3.06 bits per heavy atom. The molecule has 1 aromatic heterocycles. The molecule has 2 N–H and O–H groups in total. The molecule has 0 radical (unpaired) electrons. The highest BCUT2D eigenvalue weighted by atomic mass is 16.5. The van der Waals surface area contributed by atoms with E-state index in [4.69, 9.17) is 10.5 Å². The van der Waals surface area contributed by atoms with Crippen molar-refractivity contribution in [3.8, 4) is 0 Å². The zero-order valence-electron chi connectivity index (χ0n) is 10.2. The second kappa shape index (κ2) is 5.80. The van der Waals surface area contributed by atoms with Gasteiger partial charge in [0.15, 0.2) is 0 Å². The van der Waals surface area contributed by atoms with Crippen LogP contribution in [-0.4, -0.2) is 31.8 Å². The quantitative estimate of drug-likeness (QED) is 0.797. The summed E-state index contributed by atoms with van der Waals surface area (Å²) < 4.78 is 5.14. The highest BCUT2D eigenvalue weighted by molar-refractivity contribution is 5.43. The molecule has 0 spiro atoms. The summed E-state index contributed by atoms with van der Waals surface area (Å²) in [6, 6.07) is 4.02. The predicted octanol–water partition coefficient (Wildman–Crippen LogP) is 1.32. The van der Waals surface area contributed by atoms with Gasteiger partial charge in [0.1, 0.15) is 5.82 Å². The Morgan fingerprint density at radius 1 is 1.53 bits per heavy atom. The summed E-state index contributed by atoms with van der Waals surface area (Å²) in [6.07, 6.45) is 5.10. The van der Waals surface area contributed by atoms with E-state index in [-0.39, 0.29) is 0 Å². The maximum absolute atomic E-state index is 5.64. The van der Waals surface area contributed by atoms with Crippen LogP contribution in [0.1, 0.15) is 12.0 Å². The number of pyridine rings is 1. The van der Waals surface area contributed by atoms with Crippen LogP contribution >= 0.6 is 0 Å². The lowest BCUT2D eigenvalue weighted by atomic mass is 10.1. The Morgan fingerprint density at radius 2 is 2.41 bits per heavy atom. The minimum atomic E-state index is 0.564. The molecule has 1 aliphatic rings. The molecule has 0 amide bonds. The van der Waals surface area contributed by atoms with Crippen molar-refractivity contribution in [3.05, 3.63) is 35.5 Å². The minimum Gasteiger partial charge on any atom is -0.380 e. The van der Waals surface area contributed by atoms with Crippen molar-refractivity contribution in [2.75, 3.05) is 31.7 Å². The van der Waals surface area contributed by atoms with Gasteiger partial charge in [0.2, 0.25) is 0 Å². The summed E-state index contributed by atoms with van der Waals surface area (Å²) in [5.74, 6) is 1.01. The third-order valence-electron chi connectivity index (χ3n) is 3.00. The van der Waals surface area contributed by atoms with E-state index in [1.807, 2.05) is 12.3 Å². The first-order valence-electron chi connectivity index (χ1n) is 5.90. The van der Waals surface area contributed by atoms with Crippen molar-refractivity contribution >= 4 is 5.82 Å². The van der Waals surface area contributed by atoms with Crippen LogP contribution in [0.3, 0.4) is 0 Å². The molecular formula is C13H19N3O. The average molecular weight is 233 g/mol. The van der Waals surface area contributed by atoms with E-state index in [9.17, 15) is 0 Å². The molecule has 2 heterocycles. The highest BCUT2D eigenvalue weighted by Crippen LogP contribution is 2.18. The van der Waals surface area contributed by atoms with E-state index >= 15 is 0 Å². The van der Waals surface area contributed by atoms with Crippen LogP contribution in [0.5, 0.6) is 0 Å². The normalized spacial score (nSPS) is 15.9. The van der Waals surface area contributed by atoms with Crippen molar-refractivity contribution in [3.63, 3.8) is 0 Å². The third kappa shape index (κ3) is 3.05. The largest absolute Gasteiger partial charge is 0.380 e. The fourth-order valence-corrected chi connectivity index (χ4v) is 2.00.